The van der Waals surface area contributed by atoms with Crippen molar-refractivity contribution in [3.05, 3.63) is 211 Å². The number of fused-ring (bicyclic) bond motifs is 6. The summed E-state index contributed by atoms with van der Waals surface area (Å²) in [7, 11) is 0. The van der Waals surface area contributed by atoms with Gasteiger partial charge in [0.25, 0.3) is 0 Å². The summed E-state index contributed by atoms with van der Waals surface area (Å²) in [5, 5.41) is 4.48. The lowest BCUT2D eigenvalue weighted by atomic mass is 9.89. The Balaban J connectivity index is 0.00000220. The van der Waals surface area contributed by atoms with Crippen LogP contribution in [0.4, 0.5) is 0 Å². The molecule has 10 aromatic rings. The fourth-order valence-electron chi connectivity index (χ4n) is 9.00. The van der Waals surface area contributed by atoms with Crippen molar-refractivity contribution >= 4 is 55.2 Å². The lowest BCUT2D eigenvalue weighted by molar-refractivity contribution is 0.597. The Morgan fingerprint density at radius 3 is 1.52 bits per heavy atom. The van der Waals surface area contributed by atoms with Gasteiger partial charge in [-0.05, 0) is 100 Å². The Labute approximate surface area is 357 Å². The number of hydrogen-bond donors (Lipinski definition) is 0. The predicted molar refractivity (Wildman–Crippen MR) is 257 cm³/mol. The zero-order valence-corrected chi connectivity index (χ0v) is 34.6. The molecule has 0 N–H and O–H groups in total. The maximum absolute atomic E-state index is 6.65. The quantitative estimate of drug-likeness (QED) is 0.168. The van der Waals surface area contributed by atoms with E-state index in [0.717, 1.165) is 103 Å². The molecule has 1 aliphatic heterocycles. The van der Waals surface area contributed by atoms with E-state index < -0.39 is 0 Å². The third kappa shape index (κ3) is 7.38. The minimum atomic E-state index is 0.0638. The van der Waals surface area contributed by atoms with Crippen LogP contribution in [0.2, 0.25) is 0 Å². The Hall–Kier alpha value is -7.23. The summed E-state index contributed by atoms with van der Waals surface area (Å²) in [6.07, 6.45) is 6.41. The average molecular weight is 790 g/mol. The van der Waals surface area contributed by atoms with Gasteiger partial charge < -0.3 is 8.83 Å². The first-order valence-electron chi connectivity index (χ1n) is 21.7. The molecule has 2 aromatic heterocycles. The highest BCUT2D eigenvalue weighted by Crippen LogP contribution is 2.42. The lowest BCUT2D eigenvalue weighted by Gasteiger charge is -2.15. The molecule has 0 saturated carbocycles. The first-order chi connectivity index (χ1) is 30.2. The molecule has 0 amide bonds. The first-order valence-corrected chi connectivity index (χ1v) is 21.7. The minimum Gasteiger partial charge on any atom is -0.455 e. The van der Waals surface area contributed by atoms with Gasteiger partial charge in [0, 0.05) is 32.7 Å². The molecule has 3 nitrogen and oxygen atoms in total. The maximum Gasteiger partial charge on any atom is 0.143 e. The van der Waals surface area contributed by atoms with Crippen LogP contribution < -0.4 is 0 Å². The van der Waals surface area contributed by atoms with Gasteiger partial charge in [0.1, 0.15) is 22.3 Å². The van der Waals surface area contributed by atoms with E-state index in [1.54, 1.807) is 0 Å². The van der Waals surface area contributed by atoms with Gasteiger partial charge in [-0.25, -0.2) is 0 Å². The minimum absolute atomic E-state index is 0.0638. The fourth-order valence-corrected chi connectivity index (χ4v) is 9.00. The summed E-state index contributed by atoms with van der Waals surface area (Å²) < 4.78 is 13.3. The van der Waals surface area contributed by atoms with E-state index in [0.29, 0.717) is 0 Å². The smallest absolute Gasteiger partial charge is 0.143 e. The molecule has 3 heterocycles. The van der Waals surface area contributed by atoms with Crippen molar-refractivity contribution < 1.29 is 8.83 Å². The second kappa shape index (κ2) is 16.8. The van der Waals surface area contributed by atoms with Gasteiger partial charge in [-0.15, -0.1) is 0 Å². The van der Waals surface area contributed by atoms with Crippen LogP contribution in [0, 0.1) is 0 Å². The normalized spacial score (nSPS) is 15.3. The standard InChI is InChI=1S/C56H41NO2.C2H6/c1-3-15-37(16-4-1)38-29-31-40(32-30-38)52-36-41(19-7-10-26-51(57-52)39-17-5-2-6-18-39)42-33-43(45-22-13-24-49-47-20-8-11-27-53(47)58-55(45)49)35-44(34-42)46-23-14-25-50-48-21-9-12-28-54(48)59-56(46)50;1-2/h1-6,8-9,11-18,20-25,27-36,51H,7,10,19,26H2;1-2H3/b41-36+,57-52?;. The second-order valence-corrected chi connectivity index (χ2v) is 15.7. The van der Waals surface area contributed by atoms with Gasteiger partial charge in [0.2, 0.25) is 0 Å². The van der Waals surface area contributed by atoms with Crippen molar-refractivity contribution in [3.8, 4) is 33.4 Å². The number of allylic oxidation sites excluding steroid dienone is 2. The van der Waals surface area contributed by atoms with Crippen molar-refractivity contribution in [2.24, 2.45) is 4.99 Å². The summed E-state index contributed by atoms with van der Waals surface area (Å²) in [4.78, 5) is 5.62. The average Bonchev–Trinajstić information content (AvgIpc) is 3.94. The molecule has 61 heavy (non-hydrogen) atoms. The maximum atomic E-state index is 6.65. The van der Waals surface area contributed by atoms with E-state index in [4.69, 9.17) is 13.8 Å². The van der Waals surface area contributed by atoms with Crippen molar-refractivity contribution in [1.29, 1.82) is 0 Å². The molecular formula is C58H47NO2. The summed E-state index contributed by atoms with van der Waals surface area (Å²) in [5.74, 6) is 0. The number of para-hydroxylation sites is 4. The highest BCUT2D eigenvalue weighted by Gasteiger charge is 2.20. The summed E-state index contributed by atoms with van der Waals surface area (Å²) in [6.45, 7) is 4.00. The fraction of sp³-hybridized carbons (Fsp3) is 0.121. The van der Waals surface area contributed by atoms with Crippen LogP contribution in [0.3, 0.4) is 0 Å². The van der Waals surface area contributed by atoms with Crippen molar-refractivity contribution in [2.45, 2.75) is 45.6 Å². The molecular weight excluding hydrogens is 743 g/mol. The number of furan rings is 2. The number of hydrogen-bond acceptors (Lipinski definition) is 3. The Kier molecular flexibility index (Phi) is 10.5. The molecule has 0 saturated heterocycles. The second-order valence-electron chi connectivity index (χ2n) is 15.7. The zero-order valence-electron chi connectivity index (χ0n) is 34.6. The summed E-state index contributed by atoms with van der Waals surface area (Å²) in [5.41, 5.74) is 16.1. The van der Waals surface area contributed by atoms with Gasteiger partial charge in [0.05, 0.1) is 11.8 Å². The molecule has 1 atom stereocenters. The van der Waals surface area contributed by atoms with Gasteiger partial charge >= 0.3 is 0 Å². The SMILES string of the molecule is C1=C(/c2cc(-c3cccc4c3oc3ccccc34)cc(-c3cccc4c3oc3ccccc34)c2)CCCCC(c2ccccc2)N=C/1c1ccc(-c2ccccc2)cc1.CC. The molecule has 0 spiro atoms. The van der Waals surface area contributed by atoms with Crippen molar-refractivity contribution in [3.63, 3.8) is 0 Å². The van der Waals surface area contributed by atoms with E-state index in [1.807, 2.05) is 26.0 Å². The van der Waals surface area contributed by atoms with Crippen LogP contribution in [0.1, 0.15) is 62.3 Å². The van der Waals surface area contributed by atoms with Gasteiger partial charge in [-0.3, -0.25) is 4.99 Å². The lowest BCUT2D eigenvalue weighted by Crippen LogP contribution is -2.04. The van der Waals surface area contributed by atoms with E-state index in [-0.39, 0.29) is 6.04 Å². The molecule has 8 aromatic carbocycles. The zero-order chi connectivity index (χ0) is 41.1. The molecule has 0 bridgehead atoms. The third-order valence-corrected chi connectivity index (χ3v) is 12.0. The largest absolute Gasteiger partial charge is 0.455 e. The van der Waals surface area contributed by atoms with Crippen LogP contribution in [0.15, 0.2) is 208 Å². The first kappa shape index (κ1) is 38.0. The Morgan fingerprint density at radius 1 is 0.426 bits per heavy atom. The molecule has 1 unspecified atom stereocenters. The number of aliphatic imine (C=N–C) groups is 1. The summed E-state index contributed by atoms with van der Waals surface area (Å²) in [6, 6.07) is 67.1. The van der Waals surface area contributed by atoms with Crippen LogP contribution in [-0.2, 0) is 0 Å². The van der Waals surface area contributed by atoms with Crippen molar-refractivity contribution in [1.82, 2.24) is 0 Å². The monoisotopic (exact) mass is 789 g/mol. The predicted octanol–water partition coefficient (Wildman–Crippen LogP) is 16.7. The summed E-state index contributed by atoms with van der Waals surface area (Å²) >= 11 is 0. The molecule has 3 heteroatoms. The molecule has 0 fully saturated rings. The highest BCUT2D eigenvalue weighted by atomic mass is 16.3. The number of rotatable bonds is 6. The van der Waals surface area contributed by atoms with Gasteiger partial charge in [-0.1, -0.05) is 178 Å². The molecule has 0 radical (unpaired) electrons. The van der Waals surface area contributed by atoms with E-state index >= 15 is 0 Å². The Bertz CT molecular complexity index is 3070. The number of nitrogens with zero attached hydrogens (tertiary/aromatic N) is 1. The van der Waals surface area contributed by atoms with Crippen LogP contribution >= 0.6 is 0 Å². The van der Waals surface area contributed by atoms with Gasteiger partial charge in [-0.2, -0.15) is 0 Å². The van der Waals surface area contributed by atoms with E-state index in [2.05, 4.69) is 182 Å². The van der Waals surface area contributed by atoms with Crippen molar-refractivity contribution in [2.75, 3.05) is 0 Å². The van der Waals surface area contributed by atoms with E-state index in [1.165, 1.54) is 27.8 Å². The van der Waals surface area contributed by atoms with Gasteiger partial charge in [0.15, 0.2) is 0 Å². The molecule has 296 valence electrons. The number of benzene rings is 8. The van der Waals surface area contributed by atoms with Crippen LogP contribution in [0.25, 0.3) is 82.8 Å². The third-order valence-electron chi connectivity index (χ3n) is 12.0. The van der Waals surface area contributed by atoms with E-state index in [9.17, 15) is 0 Å². The highest BCUT2D eigenvalue weighted by molar-refractivity contribution is 6.14. The van der Waals surface area contributed by atoms with Crippen LogP contribution in [0.5, 0.6) is 0 Å². The Morgan fingerprint density at radius 2 is 0.918 bits per heavy atom. The molecule has 1 aliphatic rings. The molecule has 0 aliphatic carbocycles. The molecule has 11 rings (SSSR count). The topological polar surface area (TPSA) is 38.6 Å². The van der Waals surface area contributed by atoms with Crippen LogP contribution in [-0.4, -0.2) is 5.71 Å².